The molecule has 13 heavy (non-hydrogen) atoms. The summed E-state index contributed by atoms with van der Waals surface area (Å²) in [5.41, 5.74) is 0. The van der Waals surface area contributed by atoms with Gasteiger partial charge in [0.15, 0.2) is 0 Å². The van der Waals surface area contributed by atoms with Gasteiger partial charge in [-0.05, 0) is 20.0 Å². The van der Waals surface area contributed by atoms with Crippen LogP contribution in [-0.2, 0) is 23.3 Å². The second kappa shape index (κ2) is 9.07. The minimum absolute atomic E-state index is 0. The Labute approximate surface area is 94.9 Å². The summed E-state index contributed by atoms with van der Waals surface area (Å²) in [6, 6.07) is 1.40. The van der Waals surface area contributed by atoms with Crippen molar-refractivity contribution in [2.45, 2.75) is 40.7 Å². The van der Waals surface area contributed by atoms with E-state index in [1.54, 1.807) is 0 Å². The van der Waals surface area contributed by atoms with Crippen molar-refractivity contribution in [3.8, 4) is 0 Å². The molecule has 0 N–H and O–H groups in total. The standard InChI is InChI=1S/C8H16NO.C2H6.V/c1-7(2)9-4-5-10-8(3)6-9;1-2;/h8H,4-6H2,1-3H3;1-2H3;/q-1;;. The van der Waals surface area contributed by atoms with Crippen molar-refractivity contribution >= 4 is 0 Å². The molecule has 0 bridgehead atoms. The maximum Gasteiger partial charge on any atom is 0.0650 e. The van der Waals surface area contributed by atoms with Gasteiger partial charge >= 0.3 is 0 Å². The van der Waals surface area contributed by atoms with Gasteiger partial charge in [-0.2, -0.15) is 13.8 Å². The molecule has 0 amide bonds. The smallest absolute Gasteiger partial charge is 0.0650 e. The molecule has 1 aliphatic rings. The predicted octanol–water partition coefficient (Wildman–Crippen LogP) is 2.30. The fourth-order valence-electron chi connectivity index (χ4n) is 1.22. The summed E-state index contributed by atoms with van der Waals surface area (Å²) >= 11 is 0. The van der Waals surface area contributed by atoms with Gasteiger partial charge in [0.25, 0.3) is 0 Å². The van der Waals surface area contributed by atoms with Crippen LogP contribution in [0.1, 0.15) is 34.6 Å². The minimum Gasteiger partial charge on any atom is -0.450 e. The third-order valence-electron chi connectivity index (χ3n) is 1.87. The molecule has 0 aliphatic carbocycles. The summed E-state index contributed by atoms with van der Waals surface area (Å²) in [7, 11) is 0. The first-order valence-corrected chi connectivity index (χ1v) is 4.87. The first kappa shape index (κ1) is 16.0. The van der Waals surface area contributed by atoms with Gasteiger partial charge < -0.3 is 9.64 Å². The van der Waals surface area contributed by atoms with E-state index < -0.39 is 0 Å². The van der Waals surface area contributed by atoms with E-state index in [9.17, 15) is 0 Å². The van der Waals surface area contributed by atoms with Crippen molar-refractivity contribution in [3.05, 3.63) is 6.04 Å². The summed E-state index contributed by atoms with van der Waals surface area (Å²) in [5, 5.41) is 0. The Bertz CT molecular complexity index is 109. The van der Waals surface area contributed by atoms with E-state index in [4.69, 9.17) is 4.74 Å². The van der Waals surface area contributed by atoms with Crippen molar-refractivity contribution in [2.24, 2.45) is 0 Å². The molecular weight excluding hydrogens is 201 g/mol. The zero-order valence-electron chi connectivity index (χ0n) is 9.50. The van der Waals surface area contributed by atoms with Crippen molar-refractivity contribution in [1.29, 1.82) is 0 Å². The average molecular weight is 223 g/mol. The summed E-state index contributed by atoms with van der Waals surface area (Å²) in [6.07, 6.45) is 0.406. The van der Waals surface area contributed by atoms with Crippen LogP contribution in [0.3, 0.4) is 0 Å². The van der Waals surface area contributed by atoms with Gasteiger partial charge in [0.1, 0.15) is 0 Å². The van der Waals surface area contributed by atoms with Gasteiger partial charge in [-0.25, -0.2) is 0 Å². The van der Waals surface area contributed by atoms with Gasteiger partial charge in [0, 0.05) is 18.6 Å². The molecule has 1 radical (unpaired) electrons. The third-order valence-corrected chi connectivity index (χ3v) is 1.87. The van der Waals surface area contributed by atoms with Crippen LogP contribution in [0, 0.1) is 6.04 Å². The molecule has 1 aliphatic heterocycles. The van der Waals surface area contributed by atoms with Crippen LogP contribution >= 0.6 is 0 Å². The van der Waals surface area contributed by atoms with Crippen LogP contribution in [0.25, 0.3) is 0 Å². The van der Waals surface area contributed by atoms with Crippen molar-refractivity contribution in [2.75, 3.05) is 19.7 Å². The molecule has 0 aromatic rings. The second-order valence-corrected chi connectivity index (χ2v) is 3.07. The molecule has 1 fully saturated rings. The molecule has 0 aromatic carbocycles. The molecule has 1 saturated heterocycles. The topological polar surface area (TPSA) is 12.5 Å². The zero-order valence-corrected chi connectivity index (χ0v) is 10.9. The predicted molar refractivity (Wildman–Crippen MR) is 52.9 cm³/mol. The summed E-state index contributed by atoms with van der Waals surface area (Å²) < 4.78 is 5.40. The molecule has 0 spiro atoms. The molecule has 3 heteroatoms. The Hall–Kier alpha value is 0.504. The Balaban J connectivity index is 0. The summed E-state index contributed by atoms with van der Waals surface area (Å²) in [6.45, 7) is 13.4. The number of ether oxygens (including phenoxy) is 1. The number of rotatable bonds is 1. The van der Waals surface area contributed by atoms with E-state index >= 15 is 0 Å². The second-order valence-electron chi connectivity index (χ2n) is 3.07. The minimum atomic E-state index is 0. The summed E-state index contributed by atoms with van der Waals surface area (Å²) in [4.78, 5) is 2.37. The fourth-order valence-corrected chi connectivity index (χ4v) is 1.22. The van der Waals surface area contributed by atoms with E-state index in [-0.39, 0.29) is 18.6 Å². The Kier molecular flexibility index (Phi) is 11.1. The van der Waals surface area contributed by atoms with Crippen molar-refractivity contribution < 1.29 is 23.3 Å². The van der Waals surface area contributed by atoms with Gasteiger partial charge in [-0.1, -0.05) is 13.8 Å². The Morgan fingerprint density at radius 3 is 2.15 bits per heavy atom. The van der Waals surface area contributed by atoms with Crippen LogP contribution in [0.4, 0.5) is 0 Å². The van der Waals surface area contributed by atoms with E-state index in [1.165, 1.54) is 6.04 Å². The molecule has 0 saturated carbocycles. The van der Waals surface area contributed by atoms with E-state index in [2.05, 4.69) is 25.7 Å². The SMILES string of the molecule is CC.C[C-](C)N1CCOC(C)C1.[V]. The zero-order chi connectivity index (χ0) is 9.56. The monoisotopic (exact) mass is 223 g/mol. The van der Waals surface area contributed by atoms with Crippen LogP contribution < -0.4 is 0 Å². The third kappa shape index (κ3) is 6.56. The van der Waals surface area contributed by atoms with E-state index in [0.717, 1.165) is 19.7 Å². The molecule has 1 rings (SSSR count). The van der Waals surface area contributed by atoms with Crippen LogP contribution in [-0.4, -0.2) is 30.7 Å². The Morgan fingerprint density at radius 2 is 1.85 bits per heavy atom. The van der Waals surface area contributed by atoms with Crippen molar-refractivity contribution in [3.63, 3.8) is 0 Å². The summed E-state index contributed by atoms with van der Waals surface area (Å²) in [5.74, 6) is 0. The average Bonchev–Trinajstić information content (AvgIpc) is 2.08. The van der Waals surface area contributed by atoms with Gasteiger partial charge in [-0.15, -0.1) is 0 Å². The van der Waals surface area contributed by atoms with Crippen molar-refractivity contribution in [1.82, 2.24) is 4.90 Å². The number of hydrogen-bond acceptors (Lipinski definition) is 2. The van der Waals surface area contributed by atoms with Gasteiger partial charge in [0.05, 0.1) is 12.7 Å². The molecule has 79 valence electrons. The fraction of sp³-hybridized carbons (Fsp3) is 0.900. The van der Waals surface area contributed by atoms with E-state index in [0.29, 0.717) is 6.10 Å². The molecule has 1 unspecified atom stereocenters. The molecule has 0 aromatic heterocycles. The quantitative estimate of drug-likeness (QED) is 0.632. The molecule has 1 atom stereocenters. The maximum atomic E-state index is 5.40. The number of hydrogen-bond donors (Lipinski definition) is 0. The largest absolute Gasteiger partial charge is 0.450 e. The molecule has 2 nitrogen and oxygen atoms in total. The van der Waals surface area contributed by atoms with Crippen LogP contribution in [0.15, 0.2) is 0 Å². The van der Waals surface area contributed by atoms with Crippen LogP contribution in [0.2, 0.25) is 0 Å². The Morgan fingerprint density at radius 1 is 1.31 bits per heavy atom. The van der Waals surface area contributed by atoms with Crippen LogP contribution in [0.5, 0.6) is 0 Å². The molecular formula is C10H22NOV-. The maximum absolute atomic E-state index is 5.40. The number of nitrogens with zero attached hydrogens (tertiary/aromatic N) is 1. The first-order chi connectivity index (χ1) is 5.70. The first-order valence-electron chi connectivity index (χ1n) is 4.87. The number of morpholine rings is 1. The van der Waals surface area contributed by atoms with Gasteiger partial charge in [-0.3, -0.25) is 6.04 Å². The van der Waals surface area contributed by atoms with Gasteiger partial charge in [0.2, 0.25) is 0 Å². The molecule has 1 heterocycles. The normalized spacial score (nSPS) is 23.1. The van der Waals surface area contributed by atoms with E-state index in [1.807, 2.05) is 13.8 Å².